The van der Waals surface area contributed by atoms with Gasteiger partial charge in [-0.2, -0.15) is 20.1 Å². The maximum absolute atomic E-state index is 9.28. The van der Waals surface area contributed by atoms with E-state index in [1.54, 1.807) is 25.5 Å². The van der Waals surface area contributed by atoms with Gasteiger partial charge in [-0.25, -0.2) is 4.68 Å². The number of nitrogens with zero attached hydrogens (tertiary/aromatic N) is 5. The van der Waals surface area contributed by atoms with Crippen molar-refractivity contribution >= 4 is 11.9 Å². The highest BCUT2D eigenvalue weighted by Crippen LogP contribution is 2.08. The molecule has 0 radical (unpaired) electrons. The fraction of sp³-hybridized carbons (Fsp3) is 0.400. The standard InChI is InChI=1S/C10H15N7O2/c1-11-8-14-9(12-5-7(19)6-18)16-10(15-8)17-4-2-3-13-17/h2-4,7,18-19H,5-6H2,1H3,(H2,11,12,14,15,16). The topological polar surface area (TPSA) is 121 Å². The summed E-state index contributed by atoms with van der Waals surface area (Å²) in [5.41, 5.74) is 0. The summed E-state index contributed by atoms with van der Waals surface area (Å²) in [6.45, 7) is -0.189. The Labute approximate surface area is 109 Å². The minimum Gasteiger partial charge on any atom is -0.394 e. The van der Waals surface area contributed by atoms with Crippen LogP contribution in [0.3, 0.4) is 0 Å². The van der Waals surface area contributed by atoms with Crippen molar-refractivity contribution in [1.82, 2.24) is 24.7 Å². The molecule has 102 valence electrons. The zero-order valence-electron chi connectivity index (χ0n) is 10.4. The lowest BCUT2D eigenvalue weighted by molar-refractivity contribution is 0.105. The summed E-state index contributed by atoms with van der Waals surface area (Å²) in [5.74, 6) is 1.02. The molecular weight excluding hydrogens is 250 g/mol. The summed E-state index contributed by atoms with van der Waals surface area (Å²) in [6, 6.07) is 1.76. The van der Waals surface area contributed by atoms with E-state index < -0.39 is 6.10 Å². The summed E-state index contributed by atoms with van der Waals surface area (Å²) in [7, 11) is 1.69. The molecule has 0 aromatic carbocycles. The van der Waals surface area contributed by atoms with Crippen molar-refractivity contribution in [2.75, 3.05) is 30.8 Å². The second-order valence-electron chi connectivity index (χ2n) is 3.70. The van der Waals surface area contributed by atoms with Gasteiger partial charge in [-0.05, 0) is 6.07 Å². The van der Waals surface area contributed by atoms with Crippen molar-refractivity contribution in [3.63, 3.8) is 0 Å². The number of aliphatic hydroxyl groups excluding tert-OH is 2. The van der Waals surface area contributed by atoms with Gasteiger partial charge < -0.3 is 20.8 Å². The molecule has 0 aliphatic rings. The van der Waals surface area contributed by atoms with Crippen LogP contribution in [-0.2, 0) is 0 Å². The molecule has 2 aromatic rings. The first-order valence-electron chi connectivity index (χ1n) is 5.69. The molecule has 0 spiro atoms. The molecule has 2 heterocycles. The first-order chi connectivity index (χ1) is 9.22. The molecule has 2 aromatic heterocycles. The molecule has 0 amide bonds. The van der Waals surface area contributed by atoms with Crippen LogP contribution < -0.4 is 10.6 Å². The summed E-state index contributed by atoms with van der Waals surface area (Å²) >= 11 is 0. The molecule has 0 aliphatic carbocycles. The maximum Gasteiger partial charge on any atom is 0.257 e. The molecule has 0 aliphatic heterocycles. The summed E-state index contributed by atoms with van der Waals surface area (Å²) in [4.78, 5) is 12.4. The first kappa shape index (κ1) is 13.2. The second-order valence-corrected chi connectivity index (χ2v) is 3.70. The molecule has 4 N–H and O–H groups in total. The third-order valence-corrected chi connectivity index (χ3v) is 2.26. The lowest BCUT2D eigenvalue weighted by Crippen LogP contribution is -2.24. The van der Waals surface area contributed by atoms with E-state index in [2.05, 4.69) is 30.7 Å². The Hall–Kier alpha value is -2.26. The summed E-state index contributed by atoms with van der Waals surface area (Å²) in [6.07, 6.45) is 2.45. The van der Waals surface area contributed by atoms with Gasteiger partial charge in [0.2, 0.25) is 11.9 Å². The van der Waals surface area contributed by atoms with E-state index >= 15 is 0 Å². The third kappa shape index (κ3) is 3.36. The predicted octanol–water partition coefficient (Wildman–Crippen LogP) is -1.14. The van der Waals surface area contributed by atoms with Gasteiger partial charge in [-0.1, -0.05) is 0 Å². The minimum atomic E-state index is -0.872. The van der Waals surface area contributed by atoms with Crippen molar-refractivity contribution in [1.29, 1.82) is 0 Å². The van der Waals surface area contributed by atoms with Crippen LogP contribution in [0.25, 0.3) is 5.95 Å². The van der Waals surface area contributed by atoms with Gasteiger partial charge in [0.1, 0.15) is 0 Å². The fourth-order valence-electron chi connectivity index (χ4n) is 1.32. The van der Waals surface area contributed by atoms with Crippen molar-refractivity contribution in [2.45, 2.75) is 6.10 Å². The van der Waals surface area contributed by atoms with Crippen molar-refractivity contribution in [3.05, 3.63) is 18.5 Å². The van der Waals surface area contributed by atoms with E-state index in [0.29, 0.717) is 11.9 Å². The number of rotatable bonds is 6. The Morgan fingerprint density at radius 3 is 2.74 bits per heavy atom. The zero-order chi connectivity index (χ0) is 13.7. The molecule has 0 bridgehead atoms. The van der Waals surface area contributed by atoms with E-state index in [1.165, 1.54) is 4.68 Å². The quantitative estimate of drug-likeness (QED) is 0.517. The van der Waals surface area contributed by atoms with Gasteiger partial charge in [0, 0.05) is 26.0 Å². The summed E-state index contributed by atoms with van der Waals surface area (Å²) < 4.78 is 1.50. The fourth-order valence-corrected chi connectivity index (χ4v) is 1.32. The molecule has 9 heteroatoms. The molecule has 0 saturated carbocycles. The largest absolute Gasteiger partial charge is 0.394 e. The van der Waals surface area contributed by atoms with Crippen molar-refractivity contribution < 1.29 is 10.2 Å². The number of hydrogen-bond donors (Lipinski definition) is 4. The number of anilines is 2. The monoisotopic (exact) mass is 265 g/mol. The molecular formula is C10H15N7O2. The average Bonchev–Trinajstić information content (AvgIpc) is 2.98. The van der Waals surface area contributed by atoms with Crippen LogP contribution in [0.1, 0.15) is 0 Å². The lowest BCUT2D eigenvalue weighted by atomic mass is 10.4. The molecule has 1 unspecified atom stereocenters. The van der Waals surface area contributed by atoms with Crippen LogP contribution in [0.5, 0.6) is 0 Å². The Morgan fingerprint density at radius 2 is 2.11 bits per heavy atom. The molecule has 1 atom stereocenters. The zero-order valence-corrected chi connectivity index (χ0v) is 10.4. The Bertz CT molecular complexity index is 517. The maximum atomic E-state index is 9.28. The van der Waals surface area contributed by atoms with Gasteiger partial charge in [0.25, 0.3) is 5.95 Å². The SMILES string of the molecule is CNc1nc(NCC(O)CO)nc(-n2cccn2)n1. The van der Waals surface area contributed by atoms with Crippen LogP contribution in [-0.4, -0.2) is 61.2 Å². The van der Waals surface area contributed by atoms with E-state index in [9.17, 15) is 5.11 Å². The predicted molar refractivity (Wildman–Crippen MR) is 68.1 cm³/mol. The minimum absolute atomic E-state index is 0.141. The molecule has 0 fully saturated rings. The highest BCUT2D eigenvalue weighted by molar-refractivity contribution is 5.37. The van der Waals surface area contributed by atoms with E-state index in [0.717, 1.165) is 0 Å². The Morgan fingerprint density at radius 1 is 1.32 bits per heavy atom. The molecule has 0 saturated heterocycles. The van der Waals surface area contributed by atoms with E-state index in [4.69, 9.17) is 5.11 Å². The molecule has 9 nitrogen and oxygen atoms in total. The van der Waals surface area contributed by atoms with Gasteiger partial charge in [0.15, 0.2) is 0 Å². The van der Waals surface area contributed by atoms with Crippen LogP contribution in [0.4, 0.5) is 11.9 Å². The summed E-state index contributed by atoms with van der Waals surface area (Å²) in [5, 5.41) is 27.7. The lowest BCUT2D eigenvalue weighted by Gasteiger charge is -2.10. The first-order valence-corrected chi connectivity index (χ1v) is 5.69. The Balaban J connectivity index is 2.21. The highest BCUT2D eigenvalue weighted by Gasteiger charge is 2.09. The van der Waals surface area contributed by atoms with Gasteiger partial charge >= 0.3 is 0 Å². The number of nitrogens with one attached hydrogen (secondary N) is 2. The normalized spacial score (nSPS) is 12.2. The van der Waals surface area contributed by atoms with Gasteiger partial charge in [-0.3, -0.25) is 0 Å². The number of hydrogen-bond acceptors (Lipinski definition) is 8. The van der Waals surface area contributed by atoms with E-state index in [-0.39, 0.29) is 19.1 Å². The second kappa shape index (κ2) is 6.07. The van der Waals surface area contributed by atoms with Crippen LogP contribution >= 0.6 is 0 Å². The van der Waals surface area contributed by atoms with Crippen molar-refractivity contribution in [3.8, 4) is 5.95 Å². The Kier molecular flexibility index (Phi) is 4.21. The third-order valence-electron chi connectivity index (χ3n) is 2.26. The highest BCUT2D eigenvalue weighted by atomic mass is 16.3. The van der Waals surface area contributed by atoms with Crippen LogP contribution in [0.15, 0.2) is 18.5 Å². The molecule has 19 heavy (non-hydrogen) atoms. The van der Waals surface area contributed by atoms with Crippen molar-refractivity contribution in [2.24, 2.45) is 0 Å². The number of aliphatic hydroxyl groups is 2. The van der Waals surface area contributed by atoms with Gasteiger partial charge in [0.05, 0.1) is 12.7 Å². The molecule has 2 rings (SSSR count). The van der Waals surface area contributed by atoms with E-state index in [1.807, 2.05) is 0 Å². The average molecular weight is 265 g/mol. The van der Waals surface area contributed by atoms with Gasteiger partial charge in [-0.15, -0.1) is 0 Å². The number of aromatic nitrogens is 5. The van der Waals surface area contributed by atoms with Crippen LogP contribution in [0.2, 0.25) is 0 Å². The van der Waals surface area contributed by atoms with Crippen LogP contribution in [0, 0.1) is 0 Å². The smallest absolute Gasteiger partial charge is 0.257 e.